The van der Waals surface area contributed by atoms with Crippen molar-refractivity contribution in [1.82, 2.24) is 4.90 Å². The molecule has 1 aliphatic heterocycles. The van der Waals surface area contributed by atoms with Crippen LogP contribution >= 0.6 is 15.9 Å². The van der Waals surface area contributed by atoms with Crippen molar-refractivity contribution in [3.8, 4) is 0 Å². The summed E-state index contributed by atoms with van der Waals surface area (Å²) in [5, 5.41) is 9.29. The first kappa shape index (κ1) is 13.0. The van der Waals surface area contributed by atoms with Crippen molar-refractivity contribution in [3.63, 3.8) is 0 Å². The third-order valence-corrected chi connectivity index (χ3v) is 3.20. The Kier molecular flexibility index (Phi) is 4.59. The average molecular weight is 278 g/mol. The van der Waals surface area contributed by atoms with Crippen LogP contribution in [0, 0.1) is 0 Å². The van der Waals surface area contributed by atoms with Crippen LogP contribution in [0.5, 0.6) is 0 Å². The van der Waals surface area contributed by atoms with Gasteiger partial charge in [0.2, 0.25) is 5.91 Å². The number of carbonyl (C=O) groups excluding carboxylic acids is 1. The number of amides is 1. The summed E-state index contributed by atoms with van der Waals surface area (Å²) in [5.74, 6) is 0.0865. The van der Waals surface area contributed by atoms with Gasteiger partial charge in [-0.2, -0.15) is 0 Å². The summed E-state index contributed by atoms with van der Waals surface area (Å²) in [6.45, 7) is 4.57. The molecule has 1 unspecified atom stereocenters. The normalized spacial score (nSPS) is 23.7. The summed E-state index contributed by atoms with van der Waals surface area (Å²) in [7, 11) is 0. The van der Waals surface area contributed by atoms with Gasteiger partial charge in [0.15, 0.2) is 0 Å². The van der Waals surface area contributed by atoms with Gasteiger partial charge in [0.05, 0.1) is 17.0 Å². The number of rotatable bonds is 2. The number of aliphatic hydroxyl groups is 1. The highest BCUT2D eigenvalue weighted by molar-refractivity contribution is 9.10. The molecule has 3 nitrogen and oxygen atoms in total. The summed E-state index contributed by atoms with van der Waals surface area (Å²) >= 11 is 3.39. The minimum absolute atomic E-state index is 0.0109. The maximum atomic E-state index is 12.1. The molecule has 1 N–H and O–H groups in total. The molecule has 15 heavy (non-hydrogen) atoms. The van der Waals surface area contributed by atoms with Crippen molar-refractivity contribution >= 4 is 21.8 Å². The molecule has 0 aromatic heterocycles. The monoisotopic (exact) mass is 277 g/mol. The van der Waals surface area contributed by atoms with E-state index in [1.807, 2.05) is 18.7 Å². The summed E-state index contributed by atoms with van der Waals surface area (Å²) < 4.78 is -0.523. The molecule has 1 amide bonds. The number of nitrogens with zero attached hydrogens (tertiary/aromatic N) is 1. The lowest BCUT2D eigenvalue weighted by molar-refractivity contribution is -0.135. The molecule has 1 aliphatic rings. The molecule has 0 radical (unpaired) electrons. The van der Waals surface area contributed by atoms with Gasteiger partial charge in [-0.25, -0.2) is 0 Å². The number of likely N-dealkylation sites (tertiary alicyclic amines) is 1. The molecule has 1 rings (SSSR count). The van der Waals surface area contributed by atoms with Gasteiger partial charge in [-0.1, -0.05) is 28.8 Å². The lowest BCUT2D eigenvalue weighted by Crippen LogP contribution is -2.48. The zero-order valence-electron chi connectivity index (χ0n) is 9.50. The average Bonchev–Trinajstić information content (AvgIpc) is 2.39. The molecule has 0 bridgehead atoms. The van der Waals surface area contributed by atoms with Gasteiger partial charge < -0.3 is 10.0 Å². The molecule has 0 spiro atoms. The zero-order valence-corrected chi connectivity index (χ0v) is 11.1. The second-order valence-electron chi connectivity index (χ2n) is 4.66. The zero-order chi connectivity index (χ0) is 11.5. The lowest BCUT2D eigenvalue weighted by atomic mass is 10.1. The topological polar surface area (TPSA) is 40.5 Å². The van der Waals surface area contributed by atoms with Crippen LogP contribution in [-0.4, -0.2) is 39.4 Å². The van der Waals surface area contributed by atoms with E-state index < -0.39 is 4.32 Å². The molecule has 88 valence electrons. The Labute approximate surface area is 100.0 Å². The second kappa shape index (κ2) is 5.30. The standard InChI is InChI=1S/C11H20BrNO2/c1-11(2,12)10(15)13-7-5-3-4-6-9(13)8-14/h9,14H,3-8H2,1-2H3. The van der Waals surface area contributed by atoms with E-state index in [1.165, 1.54) is 0 Å². The Hall–Kier alpha value is -0.0900. The maximum Gasteiger partial charge on any atom is 0.239 e. The van der Waals surface area contributed by atoms with Gasteiger partial charge in [0.1, 0.15) is 0 Å². The fourth-order valence-electron chi connectivity index (χ4n) is 1.98. The van der Waals surface area contributed by atoms with E-state index in [9.17, 15) is 9.90 Å². The second-order valence-corrected chi connectivity index (χ2v) is 6.64. The third kappa shape index (κ3) is 3.45. The van der Waals surface area contributed by atoms with Crippen molar-refractivity contribution in [3.05, 3.63) is 0 Å². The van der Waals surface area contributed by atoms with Gasteiger partial charge in [0.25, 0.3) is 0 Å². The quantitative estimate of drug-likeness (QED) is 0.784. The van der Waals surface area contributed by atoms with Gasteiger partial charge in [-0.05, 0) is 26.7 Å². The van der Waals surface area contributed by atoms with Crippen LogP contribution in [0.4, 0.5) is 0 Å². The van der Waals surface area contributed by atoms with E-state index in [2.05, 4.69) is 15.9 Å². The first-order valence-corrected chi connectivity index (χ1v) is 6.37. The Morgan fingerprint density at radius 1 is 1.47 bits per heavy atom. The van der Waals surface area contributed by atoms with Crippen LogP contribution < -0.4 is 0 Å². The van der Waals surface area contributed by atoms with Crippen molar-refractivity contribution in [2.24, 2.45) is 0 Å². The molecular weight excluding hydrogens is 258 g/mol. The van der Waals surface area contributed by atoms with Crippen LogP contribution in [0.15, 0.2) is 0 Å². The van der Waals surface area contributed by atoms with Gasteiger partial charge in [0, 0.05) is 6.54 Å². The molecule has 1 fully saturated rings. The van der Waals surface area contributed by atoms with Crippen molar-refractivity contribution < 1.29 is 9.90 Å². The van der Waals surface area contributed by atoms with Crippen molar-refractivity contribution in [2.75, 3.05) is 13.2 Å². The maximum absolute atomic E-state index is 12.1. The third-order valence-electron chi connectivity index (χ3n) is 2.86. The largest absolute Gasteiger partial charge is 0.394 e. The van der Waals surface area contributed by atoms with E-state index in [0.29, 0.717) is 0 Å². The Balaban J connectivity index is 2.74. The van der Waals surface area contributed by atoms with Crippen LogP contribution in [0.3, 0.4) is 0 Å². The number of carbonyl (C=O) groups is 1. The highest BCUT2D eigenvalue weighted by Gasteiger charge is 2.33. The predicted octanol–water partition coefficient (Wildman–Crippen LogP) is 1.92. The number of halogens is 1. The van der Waals surface area contributed by atoms with Crippen LogP contribution in [0.1, 0.15) is 39.5 Å². The van der Waals surface area contributed by atoms with Gasteiger partial charge in [-0.3, -0.25) is 4.79 Å². The first-order valence-electron chi connectivity index (χ1n) is 5.57. The van der Waals surface area contributed by atoms with Gasteiger partial charge in [-0.15, -0.1) is 0 Å². The first-order chi connectivity index (χ1) is 6.96. The Morgan fingerprint density at radius 3 is 2.67 bits per heavy atom. The molecule has 0 aromatic rings. The van der Waals surface area contributed by atoms with E-state index >= 15 is 0 Å². The fourth-order valence-corrected chi connectivity index (χ4v) is 2.20. The Bertz CT molecular complexity index is 225. The lowest BCUT2D eigenvalue weighted by Gasteiger charge is -2.33. The Morgan fingerprint density at radius 2 is 2.13 bits per heavy atom. The van der Waals surface area contributed by atoms with E-state index in [4.69, 9.17) is 0 Å². The number of alkyl halides is 1. The smallest absolute Gasteiger partial charge is 0.239 e. The van der Waals surface area contributed by atoms with Crippen LogP contribution in [0.25, 0.3) is 0 Å². The molecule has 0 saturated carbocycles. The summed E-state index contributed by atoms with van der Waals surface area (Å²) in [6, 6.07) is 0.0109. The molecule has 1 heterocycles. The number of hydrogen-bond donors (Lipinski definition) is 1. The molecule has 1 saturated heterocycles. The van der Waals surface area contributed by atoms with Crippen molar-refractivity contribution in [1.29, 1.82) is 0 Å². The molecular formula is C11H20BrNO2. The van der Waals surface area contributed by atoms with E-state index in [0.717, 1.165) is 32.2 Å². The highest BCUT2D eigenvalue weighted by Crippen LogP contribution is 2.24. The summed E-state index contributed by atoms with van der Waals surface area (Å²) in [5.41, 5.74) is 0. The van der Waals surface area contributed by atoms with Crippen molar-refractivity contribution in [2.45, 2.75) is 49.9 Å². The summed E-state index contributed by atoms with van der Waals surface area (Å²) in [4.78, 5) is 13.9. The number of hydrogen-bond acceptors (Lipinski definition) is 2. The van der Waals surface area contributed by atoms with E-state index in [-0.39, 0.29) is 18.6 Å². The minimum atomic E-state index is -0.523. The molecule has 4 heteroatoms. The van der Waals surface area contributed by atoms with Gasteiger partial charge >= 0.3 is 0 Å². The predicted molar refractivity (Wildman–Crippen MR) is 64.1 cm³/mol. The highest BCUT2D eigenvalue weighted by atomic mass is 79.9. The molecule has 1 atom stereocenters. The fraction of sp³-hybridized carbons (Fsp3) is 0.909. The molecule has 0 aliphatic carbocycles. The summed E-state index contributed by atoms with van der Waals surface area (Å²) in [6.07, 6.45) is 4.23. The van der Waals surface area contributed by atoms with Crippen LogP contribution in [0.2, 0.25) is 0 Å². The van der Waals surface area contributed by atoms with E-state index in [1.54, 1.807) is 0 Å². The molecule has 0 aromatic carbocycles. The number of aliphatic hydroxyl groups excluding tert-OH is 1. The minimum Gasteiger partial charge on any atom is -0.394 e. The SMILES string of the molecule is CC(C)(Br)C(=O)N1CCCCCC1CO. The van der Waals surface area contributed by atoms with Crippen LogP contribution in [-0.2, 0) is 4.79 Å².